The van der Waals surface area contributed by atoms with Crippen molar-refractivity contribution >= 4 is 35.5 Å². The van der Waals surface area contributed by atoms with Crippen LogP contribution >= 0.6 is 0 Å². The number of hydrogen-bond acceptors (Lipinski definition) is 7. The Bertz CT molecular complexity index is 1890. The molecule has 0 radical (unpaired) electrons. The third-order valence-corrected chi connectivity index (χ3v) is 8.70. The van der Waals surface area contributed by atoms with Crippen LogP contribution in [0, 0.1) is 0 Å². The predicted molar refractivity (Wildman–Crippen MR) is 210 cm³/mol. The van der Waals surface area contributed by atoms with Crippen LogP contribution in [0.3, 0.4) is 0 Å². The summed E-state index contributed by atoms with van der Waals surface area (Å²) in [6, 6.07) is 30.2. The Hall–Kier alpha value is -6.54. The molecule has 55 heavy (non-hydrogen) atoms. The summed E-state index contributed by atoms with van der Waals surface area (Å²) in [6.07, 6.45) is 0.401. The van der Waals surface area contributed by atoms with Crippen molar-refractivity contribution in [2.45, 2.75) is 56.3 Å². The van der Waals surface area contributed by atoms with Crippen LogP contribution < -0.4 is 38.5 Å². The van der Waals surface area contributed by atoms with Gasteiger partial charge in [-0.15, -0.1) is 0 Å². The van der Waals surface area contributed by atoms with Crippen LogP contribution in [-0.4, -0.2) is 77.9 Å². The van der Waals surface area contributed by atoms with Crippen molar-refractivity contribution in [3.8, 4) is 11.1 Å². The van der Waals surface area contributed by atoms with Crippen molar-refractivity contribution in [1.29, 1.82) is 0 Å². The molecule has 0 fully saturated rings. The molecule has 14 heteroatoms. The first-order valence-corrected chi connectivity index (χ1v) is 17.9. The maximum atomic E-state index is 13.9. The van der Waals surface area contributed by atoms with Crippen molar-refractivity contribution in [1.82, 2.24) is 21.3 Å². The Kier molecular flexibility index (Phi) is 15.9. The van der Waals surface area contributed by atoms with Crippen LogP contribution in [0.1, 0.15) is 29.5 Å². The summed E-state index contributed by atoms with van der Waals surface area (Å²) in [5, 5.41) is 20.6. The fraction of sp³-hybridized carbons (Fsp3) is 0.268. The van der Waals surface area contributed by atoms with Gasteiger partial charge in [0, 0.05) is 19.4 Å². The largest absolute Gasteiger partial charge is 0.394 e. The fourth-order valence-electron chi connectivity index (χ4n) is 5.79. The predicted octanol–water partition coefficient (Wildman–Crippen LogP) is 0.852. The number of carbonyl (C=O) groups is 5. The third-order valence-electron chi connectivity index (χ3n) is 8.70. The molecule has 0 saturated carbocycles. The van der Waals surface area contributed by atoms with Crippen LogP contribution in [0.25, 0.3) is 11.1 Å². The Morgan fingerprint density at radius 1 is 0.545 bits per heavy atom. The summed E-state index contributed by atoms with van der Waals surface area (Å²) in [4.78, 5) is 70.4. The second-order valence-corrected chi connectivity index (χ2v) is 13.0. The molecule has 0 spiro atoms. The van der Waals surface area contributed by atoms with E-state index in [2.05, 4.69) is 26.3 Å². The Morgan fingerprint density at radius 3 is 1.56 bits per heavy atom. The normalized spacial score (nSPS) is 12.9. The molecule has 0 aliphatic carbocycles. The van der Waals surface area contributed by atoms with Gasteiger partial charge in [0.25, 0.3) is 0 Å². The summed E-state index contributed by atoms with van der Waals surface area (Å²) < 4.78 is 0. The number of benzene rings is 4. The van der Waals surface area contributed by atoms with Gasteiger partial charge in [-0.25, -0.2) is 0 Å². The molecule has 0 bridgehead atoms. The lowest BCUT2D eigenvalue weighted by Crippen LogP contribution is -2.59. The van der Waals surface area contributed by atoms with Gasteiger partial charge in [-0.1, -0.05) is 115 Å². The first kappa shape index (κ1) is 41.2. The first-order valence-electron chi connectivity index (χ1n) is 17.9. The highest BCUT2D eigenvalue weighted by Gasteiger charge is 2.31. The zero-order valence-electron chi connectivity index (χ0n) is 30.4. The van der Waals surface area contributed by atoms with E-state index < -0.39 is 60.3 Å². The topological polar surface area (TPSA) is 244 Å². The zero-order valence-corrected chi connectivity index (χ0v) is 30.4. The quantitative estimate of drug-likeness (QED) is 0.0365. The highest BCUT2D eigenvalue weighted by Crippen LogP contribution is 2.19. The molecule has 4 aromatic carbocycles. The summed E-state index contributed by atoms with van der Waals surface area (Å²) in [7, 11) is 0. The molecule has 4 aromatic rings. The fourth-order valence-corrected chi connectivity index (χ4v) is 5.79. The molecule has 5 amide bonds. The maximum Gasteiger partial charge on any atom is 0.245 e. The van der Waals surface area contributed by atoms with E-state index in [4.69, 9.17) is 17.2 Å². The number of primary amides is 1. The highest BCUT2D eigenvalue weighted by atomic mass is 16.3. The van der Waals surface area contributed by atoms with E-state index >= 15 is 0 Å². The highest BCUT2D eigenvalue weighted by molar-refractivity contribution is 5.95. The number of amides is 5. The van der Waals surface area contributed by atoms with Gasteiger partial charge in [0.15, 0.2) is 5.96 Å². The molecular formula is C41H48N8O6. The maximum absolute atomic E-state index is 13.9. The lowest BCUT2D eigenvalue weighted by molar-refractivity contribution is -0.134. The molecule has 3 unspecified atom stereocenters. The van der Waals surface area contributed by atoms with Crippen LogP contribution in [0.2, 0.25) is 0 Å². The van der Waals surface area contributed by atoms with Crippen molar-refractivity contribution in [3.05, 3.63) is 132 Å². The molecule has 4 atom stereocenters. The number of hydrogen-bond donors (Lipinski definition) is 8. The number of aliphatic hydroxyl groups is 1. The van der Waals surface area contributed by atoms with Gasteiger partial charge in [-0.2, -0.15) is 0 Å². The first-order chi connectivity index (χ1) is 26.5. The Morgan fingerprint density at radius 2 is 1.02 bits per heavy atom. The number of nitrogens with two attached hydrogens (primary N) is 3. The van der Waals surface area contributed by atoms with Gasteiger partial charge >= 0.3 is 0 Å². The van der Waals surface area contributed by atoms with Gasteiger partial charge < -0.3 is 43.6 Å². The summed E-state index contributed by atoms with van der Waals surface area (Å²) in [5.41, 5.74) is 20.8. The van der Waals surface area contributed by atoms with Gasteiger partial charge in [0.1, 0.15) is 24.2 Å². The Labute approximate surface area is 320 Å². The smallest absolute Gasteiger partial charge is 0.245 e. The molecule has 0 saturated heterocycles. The van der Waals surface area contributed by atoms with Gasteiger partial charge in [-0.3, -0.25) is 29.0 Å². The average Bonchev–Trinajstić information content (AvgIpc) is 3.18. The standard InChI is InChI=1S/C41H48N8O6/c42-37(52)33(23-27-11-4-1-5-12-27)48-39(54)34(24-28-13-6-2-7-14-28)49-38(53)32(17-10-22-45-41(43)44)47-40(55)35(26-50)46-36(51)25-29-18-20-31(21-19-29)30-15-8-3-9-16-30/h1-9,11-16,18-21,32-35,50H,10,17,22-26H2,(H2,42,52)(H,46,51)(H,47,55)(H,48,54)(H,49,53)(H4,43,44,45)/t32-,33?,34?,35?/m1/s1. The van der Waals surface area contributed by atoms with Crippen molar-refractivity contribution < 1.29 is 29.1 Å². The lowest BCUT2D eigenvalue weighted by atomic mass is 10.0. The summed E-state index contributed by atoms with van der Waals surface area (Å²) in [6.45, 7) is -0.610. The second-order valence-electron chi connectivity index (χ2n) is 13.0. The number of guanidine groups is 1. The molecule has 14 nitrogen and oxygen atoms in total. The SMILES string of the molecule is NC(=O)C(Cc1ccccc1)NC(=O)C(Cc1ccccc1)NC(=O)[C@@H](CCCN=C(N)N)NC(=O)C(CO)NC(=O)Cc1ccc(-c2ccccc2)cc1. The summed E-state index contributed by atoms with van der Waals surface area (Å²) in [5.74, 6) is -3.64. The number of aliphatic imine (C=N–C) groups is 1. The van der Waals surface area contributed by atoms with E-state index in [1.54, 1.807) is 54.6 Å². The number of carbonyl (C=O) groups excluding carboxylic acids is 5. The van der Waals surface area contributed by atoms with E-state index in [0.717, 1.165) is 16.7 Å². The van der Waals surface area contributed by atoms with E-state index in [9.17, 15) is 29.1 Å². The summed E-state index contributed by atoms with van der Waals surface area (Å²) >= 11 is 0. The van der Waals surface area contributed by atoms with E-state index in [0.29, 0.717) is 11.1 Å². The Balaban J connectivity index is 1.46. The van der Waals surface area contributed by atoms with Crippen LogP contribution in [0.15, 0.2) is 120 Å². The van der Waals surface area contributed by atoms with Gasteiger partial charge in [0.05, 0.1) is 13.0 Å². The minimum atomic E-state index is -1.39. The van der Waals surface area contributed by atoms with Gasteiger partial charge in [0.2, 0.25) is 29.5 Å². The van der Waals surface area contributed by atoms with E-state index in [1.807, 2.05) is 60.7 Å². The van der Waals surface area contributed by atoms with Gasteiger partial charge in [-0.05, 0) is 40.7 Å². The van der Waals surface area contributed by atoms with Crippen molar-refractivity contribution in [2.24, 2.45) is 22.2 Å². The molecule has 11 N–H and O–H groups in total. The molecule has 0 aromatic heterocycles. The van der Waals surface area contributed by atoms with Crippen molar-refractivity contribution in [2.75, 3.05) is 13.2 Å². The van der Waals surface area contributed by atoms with Crippen LogP contribution in [0.4, 0.5) is 0 Å². The molecule has 0 aliphatic heterocycles. The zero-order chi connectivity index (χ0) is 39.6. The monoisotopic (exact) mass is 748 g/mol. The molecule has 0 heterocycles. The molecule has 288 valence electrons. The van der Waals surface area contributed by atoms with Crippen molar-refractivity contribution in [3.63, 3.8) is 0 Å². The minimum absolute atomic E-state index is 0.0335. The van der Waals surface area contributed by atoms with Crippen LogP contribution in [-0.2, 0) is 43.2 Å². The number of rotatable bonds is 20. The van der Waals surface area contributed by atoms with E-state index in [1.165, 1.54) is 0 Å². The average molecular weight is 749 g/mol. The third kappa shape index (κ3) is 13.7. The number of nitrogens with one attached hydrogen (secondary N) is 4. The number of nitrogens with zero attached hydrogens (tertiary/aromatic N) is 1. The lowest BCUT2D eigenvalue weighted by Gasteiger charge is -2.26. The second kappa shape index (κ2) is 21.2. The molecule has 4 rings (SSSR count). The van der Waals surface area contributed by atoms with E-state index in [-0.39, 0.29) is 44.6 Å². The minimum Gasteiger partial charge on any atom is -0.394 e. The van der Waals surface area contributed by atoms with Crippen LogP contribution in [0.5, 0.6) is 0 Å². The number of aliphatic hydroxyl groups excluding tert-OH is 1. The molecule has 0 aliphatic rings. The molecular weight excluding hydrogens is 701 g/mol.